The average Bonchev–Trinajstić information content (AvgIpc) is 2.41. The molecule has 0 unspecified atom stereocenters. The van der Waals surface area contributed by atoms with Crippen molar-refractivity contribution >= 4 is 17.3 Å². The van der Waals surface area contributed by atoms with Gasteiger partial charge in [-0.15, -0.1) is 0 Å². The van der Waals surface area contributed by atoms with Crippen LogP contribution in [0.5, 0.6) is 0 Å². The number of anilines is 1. The summed E-state index contributed by atoms with van der Waals surface area (Å²) in [5, 5.41) is 14.9. The molecular formula is C12H14ClN5O. The summed E-state index contributed by atoms with van der Waals surface area (Å²) < 4.78 is 1.34. The summed E-state index contributed by atoms with van der Waals surface area (Å²) >= 11 is 6.04. The SMILES string of the molecule is CC(C)n1ncc(NCc2cccnn2)c(Cl)c1=O. The van der Waals surface area contributed by atoms with Crippen LogP contribution in [0.2, 0.25) is 5.02 Å². The maximum Gasteiger partial charge on any atom is 0.287 e. The van der Waals surface area contributed by atoms with Crippen molar-refractivity contribution in [3.63, 3.8) is 0 Å². The minimum atomic E-state index is -0.305. The fourth-order valence-corrected chi connectivity index (χ4v) is 1.75. The molecular weight excluding hydrogens is 266 g/mol. The molecule has 0 aliphatic carbocycles. The Morgan fingerprint density at radius 1 is 1.47 bits per heavy atom. The van der Waals surface area contributed by atoms with Crippen LogP contribution in [0.3, 0.4) is 0 Å². The quantitative estimate of drug-likeness (QED) is 0.925. The van der Waals surface area contributed by atoms with E-state index in [1.807, 2.05) is 19.9 Å². The van der Waals surface area contributed by atoms with Gasteiger partial charge in [0.05, 0.1) is 30.2 Å². The van der Waals surface area contributed by atoms with E-state index in [1.165, 1.54) is 4.68 Å². The minimum absolute atomic E-state index is 0.0287. The predicted molar refractivity (Wildman–Crippen MR) is 73.3 cm³/mol. The third-order valence-electron chi connectivity index (χ3n) is 2.52. The summed E-state index contributed by atoms with van der Waals surface area (Å²) in [6.07, 6.45) is 3.14. The van der Waals surface area contributed by atoms with Crippen LogP contribution < -0.4 is 10.9 Å². The molecule has 0 spiro atoms. The second-order valence-corrected chi connectivity index (χ2v) is 4.66. The Kier molecular flexibility index (Phi) is 4.11. The first-order chi connectivity index (χ1) is 9.09. The minimum Gasteiger partial charge on any atom is -0.377 e. The van der Waals surface area contributed by atoms with Gasteiger partial charge in [-0.1, -0.05) is 11.6 Å². The van der Waals surface area contributed by atoms with Crippen LogP contribution >= 0.6 is 11.6 Å². The van der Waals surface area contributed by atoms with E-state index in [0.717, 1.165) is 5.69 Å². The Balaban J connectivity index is 2.18. The highest BCUT2D eigenvalue weighted by Crippen LogP contribution is 2.16. The van der Waals surface area contributed by atoms with Crippen molar-refractivity contribution in [2.75, 3.05) is 5.32 Å². The lowest BCUT2D eigenvalue weighted by atomic mass is 10.3. The third-order valence-corrected chi connectivity index (χ3v) is 2.89. The number of hydrogen-bond donors (Lipinski definition) is 1. The van der Waals surface area contributed by atoms with E-state index in [0.29, 0.717) is 12.2 Å². The summed E-state index contributed by atoms with van der Waals surface area (Å²) in [6.45, 7) is 4.18. The van der Waals surface area contributed by atoms with Gasteiger partial charge >= 0.3 is 0 Å². The van der Waals surface area contributed by atoms with E-state index in [4.69, 9.17) is 11.6 Å². The number of nitrogens with one attached hydrogen (secondary N) is 1. The molecule has 6 nitrogen and oxygen atoms in total. The van der Waals surface area contributed by atoms with Gasteiger partial charge in [0, 0.05) is 6.20 Å². The van der Waals surface area contributed by atoms with Crippen LogP contribution in [-0.2, 0) is 6.54 Å². The predicted octanol–water partition coefficient (Wildman–Crippen LogP) is 1.88. The zero-order valence-corrected chi connectivity index (χ0v) is 11.4. The van der Waals surface area contributed by atoms with Crippen molar-refractivity contribution in [2.45, 2.75) is 26.4 Å². The van der Waals surface area contributed by atoms with Gasteiger partial charge in [0.25, 0.3) is 5.56 Å². The smallest absolute Gasteiger partial charge is 0.287 e. The van der Waals surface area contributed by atoms with E-state index in [1.54, 1.807) is 18.5 Å². The van der Waals surface area contributed by atoms with Crippen molar-refractivity contribution in [3.05, 3.63) is 45.6 Å². The van der Waals surface area contributed by atoms with E-state index in [-0.39, 0.29) is 16.6 Å². The first-order valence-corrected chi connectivity index (χ1v) is 6.25. The van der Waals surface area contributed by atoms with Crippen LogP contribution in [0.15, 0.2) is 29.3 Å². The molecule has 0 aliphatic rings. The van der Waals surface area contributed by atoms with Crippen LogP contribution in [-0.4, -0.2) is 20.0 Å². The lowest BCUT2D eigenvalue weighted by molar-refractivity contribution is 0.503. The standard InChI is InChI=1S/C12H14ClN5O/c1-8(2)18-12(19)11(13)10(7-16-18)14-6-9-4-3-5-15-17-9/h3-5,7-8,14H,6H2,1-2H3. The second-order valence-electron chi connectivity index (χ2n) is 4.28. The maximum atomic E-state index is 11.9. The largest absolute Gasteiger partial charge is 0.377 e. The van der Waals surface area contributed by atoms with E-state index in [2.05, 4.69) is 20.6 Å². The first kappa shape index (κ1) is 13.5. The molecule has 0 saturated heterocycles. The topological polar surface area (TPSA) is 72.7 Å². The molecule has 0 saturated carbocycles. The first-order valence-electron chi connectivity index (χ1n) is 5.87. The number of rotatable bonds is 4. The van der Waals surface area contributed by atoms with E-state index in [9.17, 15) is 4.79 Å². The summed E-state index contributed by atoms with van der Waals surface area (Å²) in [6, 6.07) is 3.59. The highest BCUT2D eigenvalue weighted by atomic mass is 35.5. The van der Waals surface area contributed by atoms with Crippen LogP contribution in [0.25, 0.3) is 0 Å². The highest BCUT2D eigenvalue weighted by molar-refractivity contribution is 6.32. The van der Waals surface area contributed by atoms with Gasteiger partial charge in [-0.3, -0.25) is 4.79 Å². The van der Waals surface area contributed by atoms with E-state index >= 15 is 0 Å². The van der Waals surface area contributed by atoms with Crippen molar-refractivity contribution < 1.29 is 0 Å². The van der Waals surface area contributed by atoms with Gasteiger partial charge < -0.3 is 5.32 Å². The van der Waals surface area contributed by atoms with Gasteiger partial charge in [-0.25, -0.2) is 4.68 Å². The molecule has 100 valence electrons. The molecule has 19 heavy (non-hydrogen) atoms. The molecule has 2 aromatic rings. The number of hydrogen-bond acceptors (Lipinski definition) is 5. The van der Waals surface area contributed by atoms with Crippen LogP contribution in [0.4, 0.5) is 5.69 Å². The summed E-state index contributed by atoms with van der Waals surface area (Å²) in [7, 11) is 0. The Morgan fingerprint density at radius 2 is 2.26 bits per heavy atom. The molecule has 0 aliphatic heterocycles. The summed E-state index contributed by atoms with van der Waals surface area (Å²) in [5.74, 6) is 0. The molecule has 0 aromatic carbocycles. The van der Waals surface area contributed by atoms with Crippen molar-refractivity contribution in [3.8, 4) is 0 Å². The normalized spacial score (nSPS) is 10.7. The number of nitrogens with zero attached hydrogens (tertiary/aromatic N) is 4. The molecule has 2 heterocycles. The zero-order valence-electron chi connectivity index (χ0n) is 10.7. The average molecular weight is 280 g/mol. The van der Waals surface area contributed by atoms with Gasteiger partial charge in [-0.05, 0) is 26.0 Å². The van der Waals surface area contributed by atoms with Gasteiger partial charge in [0.2, 0.25) is 0 Å². The van der Waals surface area contributed by atoms with Gasteiger partial charge in [0.1, 0.15) is 5.02 Å². The second kappa shape index (κ2) is 5.79. The Labute approximate surface area is 115 Å². The molecule has 0 amide bonds. The third kappa shape index (κ3) is 3.08. The Morgan fingerprint density at radius 3 is 2.89 bits per heavy atom. The Hall–Kier alpha value is -1.95. The van der Waals surface area contributed by atoms with Crippen LogP contribution in [0.1, 0.15) is 25.6 Å². The van der Waals surface area contributed by atoms with Crippen LogP contribution in [0, 0.1) is 0 Å². The van der Waals surface area contributed by atoms with Crippen molar-refractivity contribution in [1.82, 2.24) is 20.0 Å². The van der Waals surface area contributed by atoms with E-state index < -0.39 is 0 Å². The molecule has 2 rings (SSSR count). The zero-order chi connectivity index (χ0) is 13.8. The van der Waals surface area contributed by atoms with Crippen molar-refractivity contribution in [1.29, 1.82) is 0 Å². The lowest BCUT2D eigenvalue weighted by Crippen LogP contribution is -2.25. The number of halogens is 1. The molecule has 0 bridgehead atoms. The number of aromatic nitrogens is 4. The molecule has 7 heteroatoms. The molecule has 1 N–H and O–H groups in total. The molecule has 0 radical (unpaired) electrons. The molecule has 0 fully saturated rings. The summed E-state index contributed by atoms with van der Waals surface area (Å²) in [5.41, 5.74) is 0.946. The fraction of sp³-hybridized carbons (Fsp3) is 0.333. The van der Waals surface area contributed by atoms with Gasteiger partial charge in [0.15, 0.2) is 0 Å². The molecule has 0 atom stereocenters. The lowest BCUT2D eigenvalue weighted by Gasteiger charge is -2.11. The monoisotopic (exact) mass is 279 g/mol. The fourth-order valence-electron chi connectivity index (χ4n) is 1.55. The Bertz CT molecular complexity index is 611. The molecule has 2 aromatic heterocycles. The summed E-state index contributed by atoms with van der Waals surface area (Å²) in [4.78, 5) is 11.9. The van der Waals surface area contributed by atoms with Crippen molar-refractivity contribution in [2.24, 2.45) is 0 Å². The highest BCUT2D eigenvalue weighted by Gasteiger charge is 2.11. The maximum absolute atomic E-state index is 11.9. The van der Waals surface area contributed by atoms with Gasteiger partial charge in [-0.2, -0.15) is 15.3 Å².